The maximum atomic E-state index is 2.74. The normalized spacial score (nSPS) is 57.0. The molecule has 0 amide bonds. The monoisotopic (exact) mass is 274 g/mol. The molecule has 0 heterocycles. The van der Waals surface area contributed by atoms with Gasteiger partial charge in [-0.2, -0.15) is 0 Å². The second-order valence-corrected chi connectivity index (χ2v) is 9.96. The molecule has 4 rings (SSSR count). The van der Waals surface area contributed by atoms with E-state index in [1.54, 1.807) is 32.1 Å². The van der Waals surface area contributed by atoms with E-state index in [1.807, 2.05) is 0 Å². The first kappa shape index (κ1) is 13.6. The first-order valence-corrected chi connectivity index (χ1v) is 9.39. The summed E-state index contributed by atoms with van der Waals surface area (Å²) < 4.78 is 0. The van der Waals surface area contributed by atoms with Crippen LogP contribution >= 0.6 is 0 Å². The summed E-state index contributed by atoms with van der Waals surface area (Å²) in [6.07, 6.45) is 13.9. The van der Waals surface area contributed by atoms with Gasteiger partial charge in [0.2, 0.25) is 0 Å². The van der Waals surface area contributed by atoms with Crippen LogP contribution in [0.3, 0.4) is 0 Å². The van der Waals surface area contributed by atoms with Crippen molar-refractivity contribution >= 4 is 0 Å². The first-order valence-electron chi connectivity index (χ1n) is 9.39. The highest BCUT2D eigenvalue weighted by Gasteiger charge is 2.66. The third-order valence-corrected chi connectivity index (χ3v) is 9.02. The Labute approximate surface area is 126 Å². The molecule has 0 heteroatoms. The number of hydrogen-bond acceptors (Lipinski definition) is 0. The zero-order valence-corrected chi connectivity index (χ0v) is 14.2. The van der Waals surface area contributed by atoms with Crippen molar-refractivity contribution in [3.05, 3.63) is 0 Å². The Bertz CT molecular complexity index is 408. The summed E-state index contributed by atoms with van der Waals surface area (Å²) in [7, 11) is 0. The summed E-state index contributed by atoms with van der Waals surface area (Å²) in [6.45, 7) is 10.5. The van der Waals surface area contributed by atoms with E-state index in [2.05, 4.69) is 27.7 Å². The van der Waals surface area contributed by atoms with Crippen molar-refractivity contribution < 1.29 is 0 Å². The van der Waals surface area contributed by atoms with Crippen LogP contribution in [0, 0.1) is 39.9 Å². The van der Waals surface area contributed by atoms with E-state index in [4.69, 9.17) is 0 Å². The van der Waals surface area contributed by atoms with E-state index in [1.165, 1.54) is 25.7 Å². The second-order valence-electron chi connectivity index (χ2n) is 9.96. The van der Waals surface area contributed by atoms with Crippen molar-refractivity contribution in [1.82, 2.24) is 0 Å². The van der Waals surface area contributed by atoms with Crippen LogP contribution in [0.4, 0.5) is 0 Å². The van der Waals surface area contributed by atoms with Crippen LogP contribution in [0.1, 0.15) is 85.5 Å². The molecule has 0 unspecified atom stereocenters. The molecule has 0 saturated heterocycles. The SMILES string of the molecule is C[C@@H]1CC[C@@]23C[C@@H]1C[C@@H]2CC[C@H]1C(C)(C)CCC[C@@]13C. The second kappa shape index (κ2) is 4.05. The van der Waals surface area contributed by atoms with Crippen molar-refractivity contribution in [1.29, 1.82) is 0 Å². The van der Waals surface area contributed by atoms with E-state index >= 15 is 0 Å². The Kier molecular flexibility index (Phi) is 2.76. The Morgan fingerprint density at radius 3 is 2.50 bits per heavy atom. The molecule has 20 heavy (non-hydrogen) atoms. The van der Waals surface area contributed by atoms with Gasteiger partial charge in [0.25, 0.3) is 0 Å². The van der Waals surface area contributed by atoms with Gasteiger partial charge in [-0.3, -0.25) is 0 Å². The quantitative estimate of drug-likeness (QED) is 0.504. The lowest BCUT2D eigenvalue weighted by Crippen LogP contribution is -2.57. The minimum atomic E-state index is 0.605. The van der Waals surface area contributed by atoms with E-state index in [-0.39, 0.29) is 0 Å². The van der Waals surface area contributed by atoms with Crippen LogP contribution in [-0.4, -0.2) is 0 Å². The van der Waals surface area contributed by atoms with Crippen LogP contribution in [-0.2, 0) is 0 Å². The van der Waals surface area contributed by atoms with Crippen LogP contribution in [0.25, 0.3) is 0 Å². The zero-order chi connectivity index (χ0) is 14.2. The smallest absolute Gasteiger partial charge is 0.0210 e. The average Bonchev–Trinajstić information content (AvgIpc) is 2.70. The topological polar surface area (TPSA) is 0 Å². The lowest BCUT2D eigenvalue weighted by atomic mass is 9.40. The van der Waals surface area contributed by atoms with Gasteiger partial charge < -0.3 is 0 Å². The van der Waals surface area contributed by atoms with E-state index in [0.717, 1.165) is 29.1 Å². The van der Waals surface area contributed by atoms with Gasteiger partial charge in [0.05, 0.1) is 0 Å². The fourth-order valence-corrected chi connectivity index (χ4v) is 7.94. The summed E-state index contributed by atoms with van der Waals surface area (Å²) in [5.74, 6) is 4.19. The van der Waals surface area contributed by atoms with E-state index < -0.39 is 0 Å². The van der Waals surface area contributed by atoms with Crippen LogP contribution in [0.15, 0.2) is 0 Å². The molecule has 4 aliphatic carbocycles. The van der Waals surface area contributed by atoms with Gasteiger partial charge >= 0.3 is 0 Å². The largest absolute Gasteiger partial charge is 0.0622 e. The molecule has 6 atom stereocenters. The fraction of sp³-hybridized carbons (Fsp3) is 1.00. The molecule has 0 nitrogen and oxygen atoms in total. The summed E-state index contributed by atoms with van der Waals surface area (Å²) in [4.78, 5) is 0. The molecule has 4 saturated carbocycles. The number of hydrogen-bond donors (Lipinski definition) is 0. The van der Waals surface area contributed by atoms with Crippen molar-refractivity contribution in [3.8, 4) is 0 Å². The van der Waals surface area contributed by atoms with Crippen molar-refractivity contribution in [2.24, 2.45) is 39.9 Å². The van der Waals surface area contributed by atoms with Crippen LogP contribution < -0.4 is 0 Å². The molecule has 0 radical (unpaired) electrons. The zero-order valence-electron chi connectivity index (χ0n) is 14.2. The van der Waals surface area contributed by atoms with E-state index in [0.29, 0.717) is 10.8 Å². The number of fused-ring (bicyclic) bond motifs is 2. The maximum Gasteiger partial charge on any atom is -0.0210 e. The molecule has 4 fully saturated rings. The van der Waals surface area contributed by atoms with Crippen molar-refractivity contribution in [2.45, 2.75) is 85.5 Å². The molecular weight excluding hydrogens is 240 g/mol. The lowest BCUT2D eigenvalue weighted by molar-refractivity contribution is -0.159. The molecule has 0 aliphatic heterocycles. The molecule has 1 spiro atoms. The van der Waals surface area contributed by atoms with Gasteiger partial charge in [0.15, 0.2) is 0 Å². The molecule has 114 valence electrons. The molecule has 0 N–H and O–H groups in total. The van der Waals surface area contributed by atoms with Gasteiger partial charge in [-0.05, 0) is 91.3 Å². The average molecular weight is 274 g/mol. The summed E-state index contributed by atoms with van der Waals surface area (Å²) >= 11 is 0. The maximum absolute atomic E-state index is 2.74. The van der Waals surface area contributed by atoms with Gasteiger partial charge in [-0.15, -0.1) is 0 Å². The minimum absolute atomic E-state index is 0.605. The minimum Gasteiger partial charge on any atom is -0.0622 e. The van der Waals surface area contributed by atoms with Gasteiger partial charge in [-0.1, -0.05) is 34.1 Å². The molecule has 0 aromatic heterocycles. The molecule has 2 bridgehead atoms. The highest BCUT2D eigenvalue weighted by atomic mass is 14.7. The van der Waals surface area contributed by atoms with Crippen LogP contribution in [0.2, 0.25) is 0 Å². The molecule has 0 aromatic rings. The summed E-state index contributed by atoms with van der Waals surface area (Å²) in [6, 6.07) is 0. The summed E-state index contributed by atoms with van der Waals surface area (Å²) in [5.41, 5.74) is 2.03. The fourth-order valence-electron chi connectivity index (χ4n) is 7.94. The Morgan fingerprint density at radius 2 is 1.70 bits per heavy atom. The Hall–Kier alpha value is 0. The van der Waals surface area contributed by atoms with Gasteiger partial charge in [-0.25, -0.2) is 0 Å². The molecule has 0 aromatic carbocycles. The predicted molar refractivity (Wildman–Crippen MR) is 85.5 cm³/mol. The Morgan fingerprint density at radius 1 is 0.900 bits per heavy atom. The highest BCUT2D eigenvalue weighted by Crippen LogP contribution is 2.74. The standard InChI is InChI=1S/C20H34/c1-14-8-11-20-13-15(14)12-16(20)6-7-17-18(2,3)9-5-10-19(17,20)4/h14-17H,5-13H2,1-4H3/t14-,15+,16+,17+,19+,20-/m1/s1. The third-order valence-electron chi connectivity index (χ3n) is 9.02. The van der Waals surface area contributed by atoms with Gasteiger partial charge in [0, 0.05) is 0 Å². The predicted octanol–water partition coefficient (Wildman–Crippen LogP) is 6.06. The van der Waals surface area contributed by atoms with Gasteiger partial charge in [0.1, 0.15) is 0 Å². The van der Waals surface area contributed by atoms with Crippen LogP contribution in [0.5, 0.6) is 0 Å². The lowest BCUT2D eigenvalue weighted by Gasteiger charge is -2.65. The first-order chi connectivity index (χ1) is 9.39. The number of rotatable bonds is 0. The van der Waals surface area contributed by atoms with E-state index in [9.17, 15) is 0 Å². The highest BCUT2D eigenvalue weighted by molar-refractivity contribution is 5.15. The van der Waals surface area contributed by atoms with Crippen molar-refractivity contribution in [3.63, 3.8) is 0 Å². The third kappa shape index (κ3) is 1.49. The molecule has 4 aliphatic rings. The van der Waals surface area contributed by atoms with Crippen molar-refractivity contribution in [2.75, 3.05) is 0 Å². The molecular formula is C20H34. The Balaban J connectivity index is 1.77. The summed E-state index contributed by atoms with van der Waals surface area (Å²) in [5, 5.41) is 0.